The zero-order chi connectivity index (χ0) is 13.0. The van der Waals surface area contributed by atoms with E-state index in [9.17, 15) is 0 Å². The van der Waals surface area contributed by atoms with Crippen molar-refractivity contribution in [2.24, 2.45) is 0 Å². The summed E-state index contributed by atoms with van der Waals surface area (Å²) in [6.45, 7) is 5.82. The second kappa shape index (κ2) is 5.85. The van der Waals surface area contributed by atoms with Crippen molar-refractivity contribution < 1.29 is 4.74 Å². The first kappa shape index (κ1) is 13.6. The minimum atomic E-state index is -0.0561. The van der Waals surface area contributed by atoms with Gasteiger partial charge in [-0.1, -0.05) is 18.5 Å². The SMILES string of the molecule is CCCc1nc(Cl)cc(NC2(C)CCCOC2)n1. The molecule has 1 aliphatic rings. The van der Waals surface area contributed by atoms with Crippen LogP contribution in [0, 0.1) is 0 Å². The largest absolute Gasteiger partial charge is 0.379 e. The lowest BCUT2D eigenvalue weighted by Gasteiger charge is -2.34. The molecule has 1 aliphatic heterocycles. The van der Waals surface area contributed by atoms with Crippen molar-refractivity contribution in [1.82, 2.24) is 9.97 Å². The molecular weight excluding hydrogens is 250 g/mol. The van der Waals surface area contributed by atoms with E-state index in [4.69, 9.17) is 16.3 Å². The zero-order valence-corrected chi connectivity index (χ0v) is 11.8. The predicted molar refractivity (Wildman–Crippen MR) is 73.1 cm³/mol. The number of nitrogens with one attached hydrogen (secondary N) is 1. The molecule has 1 N–H and O–H groups in total. The molecule has 1 aromatic heterocycles. The lowest BCUT2D eigenvalue weighted by Crippen LogP contribution is -2.43. The second-order valence-corrected chi connectivity index (χ2v) is 5.47. The Morgan fingerprint density at radius 1 is 1.50 bits per heavy atom. The number of aromatic nitrogens is 2. The van der Waals surface area contributed by atoms with E-state index >= 15 is 0 Å². The van der Waals surface area contributed by atoms with E-state index in [-0.39, 0.29) is 5.54 Å². The fraction of sp³-hybridized carbons (Fsp3) is 0.692. The van der Waals surface area contributed by atoms with Crippen LogP contribution in [0.5, 0.6) is 0 Å². The number of anilines is 1. The zero-order valence-electron chi connectivity index (χ0n) is 11.0. The quantitative estimate of drug-likeness (QED) is 0.854. The molecule has 0 aliphatic carbocycles. The lowest BCUT2D eigenvalue weighted by atomic mass is 9.95. The second-order valence-electron chi connectivity index (χ2n) is 5.08. The third-order valence-electron chi connectivity index (χ3n) is 3.08. The first-order valence-electron chi connectivity index (χ1n) is 6.51. The van der Waals surface area contributed by atoms with Gasteiger partial charge in [-0.05, 0) is 26.2 Å². The van der Waals surface area contributed by atoms with Gasteiger partial charge in [-0.2, -0.15) is 0 Å². The number of rotatable bonds is 4. The normalized spacial score (nSPS) is 23.9. The van der Waals surface area contributed by atoms with Gasteiger partial charge in [-0.25, -0.2) is 9.97 Å². The smallest absolute Gasteiger partial charge is 0.134 e. The highest BCUT2D eigenvalue weighted by Crippen LogP contribution is 2.24. The van der Waals surface area contributed by atoms with Gasteiger partial charge in [0.2, 0.25) is 0 Å². The molecule has 18 heavy (non-hydrogen) atoms. The highest BCUT2D eigenvalue weighted by molar-refractivity contribution is 6.29. The highest BCUT2D eigenvalue weighted by Gasteiger charge is 2.27. The van der Waals surface area contributed by atoms with Crippen molar-refractivity contribution in [2.45, 2.75) is 45.1 Å². The third-order valence-corrected chi connectivity index (χ3v) is 3.28. The average Bonchev–Trinajstić information content (AvgIpc) is 2.28. The monoisotopic (exact) mass is 269 g/mol. The number of aryl methyl sites for hydroxylation is 1. The molecule has 0 radical (unpaired) electrons. The van der Waals surface area contributed by atoms with Crippen LogP contribution < -0.4 is 5.32 Å². The molecule has 5 heteroatoms. The van der Waals surface area contributed by atoms with Crippen molar-refractivity contribution in [3.05, 3.63) is 17.0 Å². The maximum atomic E-state index is 6.03. The molecule has 1 aromatic rings. The maximum Gasteiger partial charge on any atom is 0.134 e. The Labute approximate surface area is 113 Å². The molecule has 1 unspecified atom stereocenters. The molecular formula is C13H20ClN3O. The highest BCUT2D eigenvalue weighted by atomic mass is 35.5. The predicted octanol–water partition coefficient (Wildman–Crippen LogP) is 3.06. The van der Waals surface area contributed by atoms with Crippen LogP contribution in [0.2, 0.25) is 5.15 Å². The molecule has 4 nitrogen and oxygen atoms in total. The minimum absolute atomic E-state index is 0.0561. The van der Waals surface area contributed by atoms with E-state index in [1.165, 1.54) is 0 Å². The summed E-state index contributed by atoms with van der Waals surface area (Å²) in [6, 6.07) is 1.78. The summed E-state index contributed by atoms with van der Waals surface area (Å²) in [6.07, 6.45) is 4.02. The summed E-state index contributed by atoms with van der Waals surface area (Å²) >= 11 is 6.03. The molecule has 0 spiro atoms. The van der Waals surface area contributed by atoms with E-state index in [0.717, 1.165) is 43.9 Å². The van der Waals surface area contributed by atoms with Crippen molar-refractivity contribution in [1.29, 1.82) is 0 Å². The van der Waals surface area contributed by atoms with Gasteiger partial charge in [0.1, 0.15) is 16.8 Å². The van der Waals surface area contributed by atoms with Crippen LogP contribution in [0.15, 0.2) is 6.07 Å². The Hall–Kier alpha value is -0.870. The summed E-state index contributed by atoms with van der Waals surface area (Å²) in [4.78, 5) is 8.72. The van der Waals surface area contributed by atoms with Crippen LogP contribution >= 0.6 is 11.6 Å². The van der Waals surface area contributed by atoms with E-state index in [0.29, 0.717) is 11.8 Å². The van der Waals surface area contributed by atoms with Gasteiger partial charge in [-0.15, -0.1) is 0 Å². The Bertz CT molecular complexity index is 405. The van der Waals surface area contributed by atoms with E-state index in [2.05, 4.69) is 29.1 Å². The summed E-state index contributed by atoms with van der Waals surface area (Å²) < 4.78 is 5.53. The molecule has 0 saturated carbocycles. The number of ether oxygens (including phenoxy) is 1. The van der Waals surface area contributed by atoms with Gasteiger partial charge in [-0.3, -0.25) is 0 Å². The van der Waals surface area contributed by atoms with E-state index in [1.54, 1.807) is 6.07 Å². The minimum Gasteiger partial charge on any atom is -0.379 e. The van der Waals surface area contributed by atoms with Gasteiger partial charge in [0.05, 0.1) is 12.1 Å². The van der Waals surface area contributed by atoms with Crippen LogP contribution in [-0.2, 0) is 11.2 Å². The number of hydrogen-bond acceptors (Lipinski definition) is 4. The van der Waals surface area contributed by atoms with Crippen molar-refractivity contribution in [3.63, 3.8) is 0 Å². The van der Waals surface area contributed by atoms with Crippen LogP contribution in [-0.4, -0.2) is 28.7 Å². The van der Waals surface area contributed by atoms with Gasteiger partial charge in [0.15, 0.2) is 0 Å². The standard InChI is InChI=1S/C13H20ClN3O/c1-3-5-11-15-10(14)8-12(16-11)17-13(2)6-4-7-18-9-13/h8H,3-7,9H2,1-2H3,(H,15,16,17). The van der Waals surface area contributed by atoms with E-state index in [1.807, 2.05) is 0 Å². The van der Waals surface area contributed by atoms with Crippen LogP contribution in [0.25, 0.3) is 0 Å². The molecule has 1 fully saturated rings. The fourth-order valence-electron chi connectivity index (χ4n) is 2.21. The van der Waals surface area contributed by atoms with Gasteiger partial charge >= 0.3 is 0 Å². The Morgan fingerprint density at radius 3 is 3.00 bits per heavy atom. The van der Waals surface area contributed by atoms with Crippen molar-refractivity contribution >= 4 is 17.4 Å². The van der Waals surface area contributed by atoms with E-state index < -0.39 is 0 Å². The van der Waals surface area contributed by atoms with Gasteiger partial charge < -0.3 is 10.1 Å². The molecule has 2 rings (SSSR count). The molecule has 1 atom stereocenters. The van der Waals surface area contributed by atoms with Crippen LogP contribution in [0.3, 0.4) is 0 Å². The fourth-order valence-corrected chi connectivity index (χ4v) is 2.41. The lowest BCUT2D eigenvalue weighted by molar-refractivity contribution is 0.0539. The average molecular weight is 270 g/mol. The first-order valence-corrected chi connectivity index (χ1v) is 6.88. The summed E-state index contributed by atoms with van der Waals surface area (Å²) in [5, 5.41) is 3.93. The Balaban J connectivity index is 2.12. The Morgan fingerprint density at radius 2 is 2.33 bits per heavy atom. The molecule has 2 heterocycles. The maximum absolute atomic E-state index is 6.03. The molecule has 0 amide bonds. The summed E-state index contributed by atoms with van der Waals surface area (Å²) in [7, 11) is 0. The molecule has 1 saturated heterocycles. The topological polar surface area (TPSA) is 47.0 Å². The first-order chi connectivity index (χ1) is 8.61. The van der Waals surface area contributed by atoms with Gasteiger partial charge in [0, 0.05) is 19.1 Å². The van der Waals surface area contributed by atoms with Crippen LogP contribution in [0.4, 0.5) is 5.82 Å². The summed E-state index contributed by atoms with van der Waals surface area (Å²) in [5.74, 6) is 1.60. The third kappa shape index (κ3) is 3.56. The molecule has 0 bridgehead atoms. The summed E-state index contributed by atoms with van der Waals surface area (Å²) in [5.41, 5.74) is -0.0561. The van der Waals surface area contributed by atoms with Crippen LogP contribution in [0.1, 0.15) is 38.9 Å². The Kier molecular flexibility index (Phi) is 4.40. The number of hydrogen-bond donors (Lipinski definition) is 1. The van der Waals surface area contributed by atoms with Crippen molar-refractivity contribution in [2.75, 3.05) is 18.5 Å². The molecule has 100 valence electrons. The number of halogens is 1. The van der Waals surface area contributed by atoms with Gasteiger partial charge in [0.25, 0.3) is 0 Å². The van der Waals surface area contributed by atoms with Crippen molar-refractivity contribution in [3.8, 4) is 0 Å². The number of nitrogens with zero attached hydrogens (tertiary/aromatic N) is 2. The molecule has 0 aromatic carbocycles.